The van der Waals surface area contributed by atoms with Crippen LogP contribution in [0.5, 0.6) is 0 Å². The Morgan fingerprint density at radius 1 is 1.20 bits per heavy atom. The molecule has 0 heterocycles. The largest absolute Gasteiger partial charge is 0.350 e. The molecule has 0 bridgehead atoms. The van der Waals surface area contributed by atoms with Crippen molar-refractivity contribution in [3.05, 3.63) is 35.9 Å². The van der Waals surface area contributed by atoms with Gasteiger partial charge in [0.25, 0.3) is 0 Å². The molecule has 0 fully saturated rings. The van der Waals surface area contributed by atoms with Crippen molar-refractivity contribution in [1.82, 2.24) is 10.9 Å². The van der Waals surface area contributed by atoms with E-state index in [4.69, 9.17) is 5.73 Å². The lowest BCUT2D eigenvalue weighted by atomic mass is 10.0. The van der Waals surface area contributed by atoms with E-state index < -0.39 is 6.03 Å². The zero-order valence-electron chi connectivity index (χ0n) is 8.36. The highest BCUT2D eigenvalue weighted by atomic mass is 16.2. The van der Waals surface area contributed by atoms with E-state index in [9.17, 15) is 9.59 Å². The molecule has 0 saturated carbocycles. The van der Waals surface area contributed by atoms with Crippen molar-refractivity contribution < 1.29 is 9.59 Å². The van der Waals surface area contributed by atoms with Crippen LogP contribution >= 0.6 is 0 Å². The van der Waals surface area contributed by atoms with Gasteiger partial charge in [-0.25, -0.2) is 10.2 Å². The molecule has 4 N–H and O–H groups in total. The van der Waals surface area contributed by atoms with Gasteiger partial charge in [0.15, 0.2) is 0 Å². The summed E-state index contributed by atoms with van der Waals surface area (Å²) < 4.78 is 0. The first-order chi connectivity index (χ1) is 7.11. The number of benzene rings is 1. The monoisotopic (exact) mass is 207 g/mol. The molecule has 5 nitrogen and oxygen atoms in total. The third kappa shape index (κ3) is 3.30. The number of carbonyl (C=O) groups is 2. The topological polar surface area (TPSA) is 84.2 Å². The number of urea groups is 1. The van der Waals surface area contributed by atoms with Crippen molar-refractivity contribution in [3.63, 3.8) is 0 Å². The summed E-state index contributed by atoms with van der Waals surface area (Å²) in [5.41, 5.74) is 9.94. The molecular weight excluding hydrogens is 194 g/mol. The first-order valence-corrected chi connectivity index (χ1v) is 4.51. The molecule has 0 radical (unpaired) electrons. The fraction of sp³-hybridized carbons (Fsp3) is 0.200. The summed E-state index contributed by atoms with van der Waals surface area (Å²) in [6.45, 7) is 1.74. The van der Waals surface area contributed by atoms with Gasteiger partial charge in [-0.1, -0.05) is 30.3 Å². The number of hydrogen-bond acceptors (Lipinski definition) is 2. The van der Waals surface area contributed by atoms with Crippen LogP contribution in [-0.4, -0.2) is 11.9 Å². The van der Waals surface area contributed by atoms with Crippen LogP contribution in [0.25, 0.3) is 0 Å². The summed E-state index contributed by atoms with van der Waals surface area (Å²) >= 11 is 0. The molecule has 0 aromatic heterocycles. The van der Waals surface area contributed by atoms with E-state index in [2.05, 4.69) is 5.43 Å². The minimum atomic E-state index is -0.788. The SMILES string of the molecule is CC(C(=O)NNC(N)=O)c1ccccc1. The number of hydrogen-bond donors (Lipinski definition) is 3. The van der Waals surface area contributed by atoms with E-state index in [1.54, 1.807) is 6.92 Å². The quantitative estimate of drug-likeness (QED) is 0.616. The van der Waals surface area contributed by atoms with Crippen LogP contribution in [0.4, 0.5) is 4.79 Å². The van der Waals surface area contributed by atoms with Crippen molar-refractivity contribution >= 4 is 11.9 Å². The Hall–Kier alpha value is -2.04. The van der Waals surface area contributed by atoms with Gasteiger partial charge >= 0.3 is 6.03 Å². The van der Waals surface area contributed by atoms with Gasteiger partial charge in [0.05, 0.1) is 5.92 Å². The van der Waals surface area contributed by atoms with Crippen LogP contribution < -0.4 is 16.6 Å². The zero-order chi connectivity index (χ0) is 11.3. The maximum Gasteiger partial charge on any atom is 0.330 e. The maximum atomic E-state index is 11.5. The Labute approximate surface area is 87.6 Å². The Morgan fingerprint density at radius 2 is 1.80 bits per heavy atom. The predicted octanol–water partition coefficient (Wildman–Crippen LogP) is 0.490. The highest BCUT2D eigenvalue weighted by Crippen LogP contribution is 2.13. The summed E-state index contributed by atoms with van der Waals surface area (Å²) in [6, 6.07) is 8.46. The molecule has 0 spiro atoms. The van der Waals surface area contributed by atoms with E-state index in [0.29, 0.717) is 0 Å². The third-order valence-corrected chi connectivity index (χ3v) is 2.00. The van der Waals surface area contributed by atoms with Crippen molar-refractivity contribution in [2.45, 2.75) is 12.8 Å². The summed E-state index contributed by atoms with van der Waals surface area (Å²) in [5, 5.41) is 0. The molecule has 1 aromatic rings. The second-order valence-electron chi connectivity index (χ2n) is 3.11. The second kappa shape index (κ2) is 4.99. The fourth-order valence-corrected chi connectivity index (χ4v) is 1.12. The number of nitrogens with two attached hydrogens (primary N) is 1. The number of amides is 3. The molecule has 0 saturated heterocycles. The lowest BCUT2D eigenvalue weighted by Crippen LogP contribution is -2.45. The number of carbonyl (C=O) groups excluding carboxylic acids is 2. The standard InChI is InChI=1S/C10H13N3O2/c1-7(8-5-3-2-4-6-8)9(14)12-13-10(11)15/h2-7H,1H3,(H,12,14)(H3,11,13,15). The molecule has 3 amide bonds. The van der Waals surface area contributed by atoms with E-state index in [1.807, 2.05) is 35.8 Å². The number of rotatable bonds is 2. The first-order valence-electron chi connectivity index (χ1n) is 4.51. The minimum absolute atomic E-state index is 0.306. The van der Waals surface area contributed by atoms with Crippen molar-refractivity contribution in [2.75, 3.05) is 0 Å². The number of nitrogens with one attached hydrogen (secondary N) is 2. The van der Waals surface area contributed by atoms with Crippen LogP contribution in [-0.2, 0) is 4.79 Å². The average molecular weight is 207 g/mol. The fourth-order valence-electron chi connectivity index (χ4n) is 1.12. The second-order valence-corrected chi connectivity index (χ2v) is 3.11. The number of primary amides is 1. The van der Waals surface area contributed by atoms with E-state index in [0.717, 1.165) is 5.56 Å². The summed E-state index contributed by atoms with van der Waals surface area (Å²) in [7, 11) is 0. The Morgan fingerprint density at radius 3 is 2.33 bits per heavy atom. The summed E-state index contributed by atoms with van der Waals surface area (Å²) in [5.74, 6) is -0.641. The Bertz CT molecular complexity index is 351. The molecule has 1 atom stereocenters. The lowest BCUT2D eigenvalue weighted by molar-refractivity contribution is -0.122. The maximum absolute atomic E-state index is 11.5. The molecule has 15 heavy (non-hydrogen) atoms. The van der Waals surface area contributed by atoms with Gasteiger partial charge in [-0.05, 0) is 12.5 Å². The van der Waals surface area contributed by atoms with Gasteiger partial charge in [-0.15, -0.1) is 0 Å². The molecule has 80 valence electrons. The van der Waals surface area contributed by atoms with Crippen LogP contribution in [0, 0.1) is 0 Å². The average Bonchev–Trinajstić information content (AvgIpc) is 2.26. The Kier molecular flexibility index (Phi) is 3.68. The molecular formula is C10H13N3O2. The van der Waals surface area contributed by atoms with Gasteiger partial charge in [0, 0.05) is 0 Å². The van der Waals surface area contributed by atoms with E-state index in [1.165, 1.54) is 0 Å². The van der Waals surface area contributed by atoms with Crippen LogP contribution in [0.3, 0.4) is 0 Å². The molecule has 1 rings (SSSR count). The van der Waals surface area contributed by atoms with Crippen molar-refractivity contribution in [2.24, 2.45) is 5.73 Å². The van der Waals surface area contributed by atoms with Crippen LogP contribution in [0.15, 0.2) is 30.3 Å². The highest BCUT2D eigenvalue weighted by molar-refractivity contribution is 5.85. The van der Waals surface area contributed by atoms with Crippen LogP contribution in [0.2, 0.25) is 0 Å². The van der Waals surface area contributed by atoms with Gasteiger partial charge in [0.1, 0.15) is 0 Å². The summed E-state index contributed by atoms with van der Waals surface area (Å²) in [4.78, 5) is 21.8. The van der Waals surface area contributed by atoms with Gasteiger partial charge in [-0.3, -0.25) is 10.2 Å². The summed E-state index contributed by atoms with van der Waals surface area (Å²) in [6.07, 6.45) is 0. The van der Waals surface area contributed by atoms with Crippen LogP contribution in [0.1, 0.15) is 18.4 Å². The number of hydrazine groups is 1. The normalized spacial score (nSPS) is 11.5. The zero-order valence-corrected chi connectivity index (χ0v) is 8.36. The van der Waals surface area contributed by atoms with Crippen molar-refractivity contribution in [1.29, 1.82) is 0 Å². The Balaban J connectivity index is 2.57. The lowest BCUT2D eigenvalue weighted by Gasteiger charge is -2.11. The molecule has 5 heteroatoms. The van der Waals surface area contributed by atoms with Gasteiger partial charge in [-0.2, -0.15) is 0 Å². The molecule has 0 aliphatic rings. The van der Waals surface area contributed by atoms with Gasteiger partial charge < -0.3 is 5.73 Å². The van der Waals surface area contributed by atoms with Gasteiger partial charge in [0.2, 0.25) is 5.91 Å². The molecule has 0 aliphatic carbocycles. The van der Waals surface area contributed by atoms with Crippen molar-refractivity contribution in [3.8, 4) is 0 Å². The molecule has 1 aromatic carbocycles. The first kappa shape index (κ1) is 11.0. The smallest absolute Gasteiger partial charge is 0.330 e. The van der Waals surface area contributed by atoms with E-state index in [-0.39, 0.29) is 11.8 Å². The predicted molar refractivity (Wildman–Crippen MR) is 55.7 cm³/mol. The molecule has 0 aliphatic heterocycles. The molecule has 1 unspecified atom stereocenters. The highest BCUT2D eigenvalue weighted by Gasteiger charge is 2.14. The van der Waals surface area contributed by atoms with E-state index >= 15 is 0 Å². The third-order valence-electron chi connectivity index (χ3n) is 2.00. The minimum Gasteiger partial charge on any atom is -0.350 e.